The Morgan fingerprint density at radius 2 is 2.11 bits per heavy atom. The van der Waals surface area contributed by atoms with Crippen LogP contribution in [0.4, 0.5) is 26.1 Å². The van der Waals surface area contributed by atoms with Gasteiger partial charge in [-0.2, -0.15) is 0 Å². The number of aryl methyl sites for hydroxylation is 1. The second-order valence-corrected chi connectivity index (χ2v) is 6.76. The molecular weight excluding hydrogens is 368 g/mol. The average Bonchev–Trinajstić information content (AvgIpc) is 2.66. The second-order valence-electron chi connectivity index (χ2n) is 6.76. The molecule has 1 amide bonds. The van der Waals surface area contributed by atoms with Crippen molar-refractivity contribution in [3.8, 4) is 0 Å². The molecule has 1 fully saturated rings. The van der Waals surface area contributed by atoms with E-state index in [1.54, 1.807) is 12.3 Å². The second kappa shape index (κ2) is 8.01. The van der Waals surface area contributed by atoms with Gasteiger partial charge in [0.25, 0.3) is 11.8 Å². The summed E-state index contributed by atoms with van der Waals surface area (Å²) in [5.41, 5.74) is 12.5. The molecule has 28 heavy (non-hydrogen) atoms. The summed E-state index contributed by atoms with van der Waals surface area (Å²) in [5, 5.41) is 5.86. The molecule has 1 aliphatic rings. The van der Waals surface area contributed by atoms with Crippen LogP contribution in [0.2, 0.25) is 0 Å². The normalized spacial score (nSPS) is 21.1. The maximum atomic E-state index is 13.9. The number of amides is 1. The molecule has 3 rings (SSSR count). The number of nitrogens with zero attached hydrogens (tertiary/aromatic N) is 3. The molecule has 2 aromatic rings. The van der Waals surface area contributed by atoms with Gasteiger partial charge in [-0.25, -0.2) is 18.7 Å². The van der Waals surface area contributed by atoms with Crippen molar-refractivity contribution >= 4 is 23.2 Å². The molecular formula is C18H23F2N7O. The lowest BCUT2D eigenvalue weighted by atomic mass is 9.87. The van der Waals surface area contributed by atoms with Gasteiger partial charge in [0.15, 0.2) is 11.5 Å². The van der Waals surface area contributed by atoms with Gasteiger partial charge < -0.3 is 22.1 Å². The molecule has 0 bridgehead atoms. The molecule has 8 nitrogen and oxygen atoms in total. The zero-order chi connectivity index (χ0) is 20.3. The zero-order valence-corrected chi connectivity index (χ0v) is 15.5. The predicted octanol–water partition coefficient (Wildman–Crippen LogP) is 2.20. The number of rotatable bonds is 6. The van der Waals surface area contributed by atoms with Gasteiger partial charge in [0, 0.05) is 18.2 Å². The van der Waals surface area contributed by atoms with Gasteiger partial charge in [-0.15, -0.1) is 0 Å². The fourth-order valence-corrected chi connectivity index (χ4v) is 3.12. The minimum absolute atomic E-state index is 0.0663. The Labute approximate surface area is 161 Å². The van der Waals surface area contributed by atoms with Crippen LogP contribution in [0.3, 0.4) is 0 Å². The number of pyridine rings is 1. The summed E-state index contributed by atoms with van der Waals surface area (Å²) in [5.74, 6) is -3.37. The van der Waals surface area contributed by atoms with Crippen LogP contribution < -0.4 is 22.1 Å². The highest BCUT2D eigenvalue weighted by molar-refractivity contribution is 5.96. The number of carbonyl (C=O) groups excluding carboxylic acids is 1. The van der Waals surface area contributed by atoms with E-state index in [-0.39, 0.29) is 23.8 Å². The lowest BCUT2D eigenvalue weighted by molar-refractivity contribution is -0.0554. The number of alkyl halides is 2. The minimum Gasteiger partial charge on any atom is -0.364 e. The van der Waals surface area contributed by atoms with Crippen molar-refractivity contribution in [1.82, 2.24) is 15.0 Å². The van der Waals surface area contributed by atoms with E-state index in [0.717, 1.165) is 12.1 Å². The van der Waals surface area contributed by atoms with Crippen LogP contribution in [0.1, 0.15) is 42.4 Å². The number of nitrogens with one attached hydrogen (secondary N) is 2. The van der Waals surface area contributed by atoms with E-state index in [1.165, 1.54) is 6.20 Å². The van der Waals surface area contributed by atoms with Gasteiger partial charge in [-0.1, -0.05) is 6.92 Å². The lowest BCUT2D eigenvalue weighted by Crippen LogP contribution is -2.55. The van der Waals surface area contributed by atoms with Crippen molar-refractivity contribution in [2.45, 2.75) is 50.6 Å². The third-order valence-corrected chi connectivity index (χ3v) is 4.74. The van der Waals surface area contributed by atoms with E-state index < -0.39 is 23.9 Å². The molecule has 0 unspecified atom stereocenters. The van der Waals surface area contributed by atoms with Gasteiger partial charge in [0.1, 0.15) is 5.82 Å². The summed E-state index contributed by atoms with van der Waals surface area (Å²) >= 11 is 0. The number of aromatic nitrogens is 3. The molecule has 1 aliphatic carbocycles. The topological polar surface area (TPSA) is 132 Å². The number of anilines is 3. The molecule has 2 atom stereocenters. The minimum atomic E-state index is -2.94. The smallest absolute Gasteiger partial charge is 0.271 e. The Morgan fingerprint density at radius 3 is 2.75 bits per heavy atom. The third-order valence-electron chi connectivity index (χ3n) is 4.74. The maximum Gasteiger partial charge on any atom is 0.271 e. The van der Waals surface area contributed by atoms with E-state index in [4.69, 9.17) is 11.5 Å². The van der Waals surface area contributed by atoms with Crippen molar-refractivity contribution in [3.05, 3.63) is 35.9 Å². The van der Waals surface area contributed by atoms with E-state index in [1.807, 2.05) is 13.0 Å². The number of hydrogen-bond acceptors (Lipinski definition) is 7. The van der Waals surface area contributed by atoms with E-state index >= 15 is 0 Å². The van der Waals surface area contributed by atoms with E-state index in [2.05, 4.69) is 25.6 Å². The lowest BCUT2D eigenvalue weighted by Gasteiger charge is -2.36. The Kier molecular flexibility index (Phi) is 5.68. The summed E-state index contributed by atoms with van der Waals surface area (Å²) in [4.78, 5) is 24.3. The van der Waals surface area contributed by atoms with Gasteiger partial charge in [0.05, 0.1) is 24.1 Å². The number of carbonyl (C=O) groups is 1. The highest BCUT2D eigenvalue weighted by atomic mass is 19.3. The quantitative estimate of drug-likeness (QED) is 0.593. The molecule has 150 valence electrons. The van der Waals surface area contributed by atoms with Crippen molar-refractivity contribution in [3.63, 3.8) is 0 Å². The monoisotopic (exact) mass is 391 g/mol. The largest absolute Gasteiger partial charge is 0.364 e. The molecule has 0 radical (unpaired) electrons. The third kappa shape index (κ3) is 4.33. The average molecular weight is 391 g/mol. The van der Waals surface area contributed by atoms with Crippen molar-refractivity contribution < 1.29 is 13.6 Å². The van der Waals surface area contributed by atoms with Crippen molar-refractivity contribution in [2.24, 2.45) is 11.5 Å². The van der Waals surface area contributed by atoms with Gasteiger partial charge >= 0.3 is 0 Å². The Morgan fingerprint density at radius 1 is 1.32 bits per heavy atom. The fourth-order valence-electron chi connectivity index (χ4n) is 3.12. The predicted molar refractivity (Wildman–Crippen MR) is 102 cm³/mol. The van der Waals surface area contributed by atoms with Crippen LogP contribution in [0.25, 0.3) is 0 Å². The molecule has 0 aliphatic heterocycles. The highest BCUT2D eigenvalue weighted by Gasteiger charge is 2.44. The Hall–Kier alpha value is -2.88. The molecule has 0 spiro atoms. The van der Waals surface area contributed by atoms with Crippen molar-refractivity contribution in [1.29, 1.82) is 0 Å². The van der Waals surface area contributed by atoms with E-state index in [9.17, 15) is 13.6 Å². The van der Waals surface area contributed by atoms with Crippen LogP contribution in [-0.2, 0) is 6.42 Å². The molecule has 0 aromatic carbocycles. The van der Waals surface area contributed by atoms with Crippen LogP contribution in [0.15, 0.2) is 24.5 Å². The number of halogens is 2. The summed E-state index contributed by atoms with van der Waals surface area (Å²) in [6, 6.07) is 1.64. The first-order valence-electron chi connectivity index (χ1n) is 9.09. The van der Waals surface area contributed by atoms with Crippen LogP contribution in [0.5, 0.6) is 0 Å². The van der Waals surface area contributed by atoms with Crippen molar-refractivity contribution in [2.75, 3.05) is 10.6 Å². The maximum absolute atomic E-state index is 13.9. The van der Waals surface area contributed by atoms with E-state index in [0.29, 0.717) is 18.5 Å². The fraction of sp³-hybridized carbons (Fsp3) is 0.444. The zero-order valence-electron chi connectivity index (χ0n) is 15.5. The Balaban J connectivity index is 1.83. The molecule has 2 aromatic heterocycles. The van der Waals surface area contributed by atoms with Gasteiger partial charge in [-0.3, -0.25) is 9.78 Å². The first-order valence-corrected chi connectivity index (χ1v) is 9.09. The Bertz CT molecular complexity index is 844. The van der Waals surface area contributed by atoms with Gasteiger partial charge in [-0.05, 0) is 31.4 Å². The van der Waals surface area contributed by atoms with Crippen LogP contribution >= 0.6 is 0 Å². The molecule has 10 heteroatoms. The van der Waals surface area contributed by atoms with Crippen LogP contribution in [-0.4, -0.2) is 38.9 Å². The van der Waals surface area contributed by atoms with Crippen LogP contribution in [0, 0.1) is 0 Å². The standard InChI is InChI=1S/C18H23F2N7O/c1-2-10-5-6-11(8-23-10)25-17-14(16(22)28)24-9-13(27-17)26-12-4-3-7-18(19,20)15(12)21/h5-6,8-9,12,15H,2-4,7,21H2,1H3,(H2,22,28)(H2,25,26,27)/t12-,15-/m1/s1. The summed E-state index contributed by atoms with van der Waals surface area (Å²) < 4.78 is 27.7. The molecule has 2 heterocycles. The first-order chi connectivity index (χ1) is 13.3. The number of primary amides is 1. The molecule has 0 saturated heterocycles. The first kappa shape index (κ1) is 19.9. The van der Waals surface area contributed by atoms with Gasteiger partial charge in [0.2, 0.25) is 0 Å². The molecule has 6 N–H and O–H groups in total. The number of nitrogens with two attached hydrogens (primary N) is 2. The highest BCUT2D eigenvalue weighted by Crippen LogP contribution is 2.33. The molecule has 1 saturated carbocycles. The SMILES string of the molecule is CCc1ccc(Nc2nc(N[C@@H]3CCCC(F)(F)[C@@H]3N)cnc2C(N)=O)cn1. The summed E-state index contributed by atoms with van der Waals surface area (Å²) in [6.45, 7) is 1.99. The number of hydrogen-bond donors (Lipinski definition) is 4. The summed E-state index contributed by atoms with van der Waals surface area (Å²) in [7, 11) is 0. The summed E-state index contributed by atoms with van der Waals surface area (Å²) in [6.07, 6.45) is 4.28.